The van der Waals surface area contributed by atoms with Crippen molar-refractivity contribution in [3.05, 3.63) is 139 Å². The van der Waals surface area contributed by atoms with E-state index in [0.29, 0.717) is 5.56 Å². The van der Waals surface area contributed by atoms with Crippen molar-refractivity contribution >= 4 is 39.9 Å². The molecule has 0 unspecified atom stereocenters. The molecule has 6 rings (SSSR count). The van der Waals surface area contributed by atoms with E-state index in [1.165, 1.54) is 7.11 Å². The van der Waals surface area contributed by atoms with E-state index in [2.05, 4.69) is 103 Å². The Balaban J connectivity index is 1.65. The Morgan fingerprint density at radius 2 is 1.10 bits per heavy atom. The lowest BCUT2D eigenvalue weighted by atomic mass is 10.0. The highest BCUT2D eigenvalue weighted by molar-refractivity contribution is 6.12. The Morgan fingerprint density at radius 3 is 1.56 bits per heavy atom. The van der Waals surface area contributed by atoms with E-state index in [9.17, 15) is 4.79 Å². The minimum atomic E-state index is -0.368. The highest BCUT2D eigenvalue weighted by Gasteiger charge is 2.19. The molecule has 3 nitrogen and oxygen atoms in total. The molecule has 0 aliphatic rings. The molecule has 0 saturated heterocycles. The van der Waals surface area contributed by atoms with Crippen LogP contribution in [0.3, 0.4) is 0 Å². The van der Waals surface area contributed by atoms with Crippen LogP contribution in [0.1, 0.15) is 21.5 Å². The van der Waals surface area contributed by atoms with E-state index in [1.54, 1.807) is 0 Å². The van der Waals surface area contributed by atoms with Crippen LogP contribution in [-0.2, 0) is 4.74 Å². The molecule has 1 heterocycles. The Hall–Kier alpha value is -5.15. The number of rotatable bonds is 6. The number of aromatic nitrogens is 1. The van der Waals surface area contributed by atoms with Gasteiger partial charge in [-0.1, -0.05) is 110 Å². The van der Waals surface area contributed by atoms with Crippen molar-refractivity contribution in [2.75, 3.05) is 7.11 Å². The van der Waals surface area contributed by atoms with Crippen molar-refractivity contribution in [3.63, 3.8) is 0 Å². The van der Waals surface area contributed by atoms with E-state index in [-0.39, 0.29) is 5.97 Å². The molecule has 3 heteroatoms. The molecule has 188 valence electrons. The molecule has 0 N–H and O–H groups in total. The summed E-state index contributed by atoms with van der Waals surface area (Å²) in [6, 6.07) is 37.4. The summed E-state index contributed by atoms with van der Waals surface area (Å²) >= 11 is 0. The molecule has 5 aromatic carbocycles. The number of ether oxygens (including phenoxy) is 1. The van der Waals surface area contributed by atoms with Crippen LogP contribution < -0.4 is 0 Å². The largest absolute Gasteiger partial charge is 0.465 e. The molecule has 0 saturated carbocycles. The maximum Gasteiger partial charge on any atom is 0.339 e. The van der Waals surface area contributed by atoms with Gasteiger partial charge in [0, 0.05) is 10.8 Å². The SMILES string of the molecule is C=Cc1ccc(-c2ccc3c4ccc(-c5ccc(C=C)cc5)cc4n(-c4ccccc4C(=O)OC)c3c2)cc1. The molecule has 0 spiro atoms. The Morgan fingerprint density at radius 1 is 0.641 bits per heavy atom. The van der Waals surface area contributed by atoms with Crippen molar-refractivity contribution in [2.24, 2.45) is 0 Å². The molecule has 0 radical (unpaired) electrons. The fourth-order valence-electron chi connectivity index (χ4n) is 5.21. The van der Waals surface area contributed by atoms with E-state index < -0.39 is 0 Å². The monoisotopic (exact) mass is 505 g/mol. The average molecular weight is 506 g/mol. The molecule has 6 aromatic rings. The molecule has 39 heavy (non-hydrogen) atoms. The van der Waals surface area contributed by atoms with Crippen LogP contribution in [0.5, 0.6) is 0 Å². The third-order valence-corrected chi connectivity index (χ3v) is 7.28. The Bertz CT molecular complexity index is 1760. The summed E-state index contributed by atoms with van der Waals surface area (Å²) < 4.78 is 7.34. The molecule has 0 amide bonds. The predicted octanol–water partition coefficient (Wildman–Crippen LogP) is 9.19. The number of hydrogen-bond acceptors (Lipinski definition) is 2. The summed E-state index contributed by atoms with van der Waals surface area (Å²) in [7, 11) is 1.42. The van der Waals surface area contributed by atoms with Gasteiger partial charge < -0.3 is 9.30 Å². The molecule has 0 aliphatic carbocycles. The fraction of sp³-hybridized carbons (Fsp3) is 0.0278. The molecule has 0 atom stereocenters. The first-order valence-electron chi connectivity index (χ1n) is 12.8. The van der Waals surface area contributed by atoms with Gasteiger partial charge in [-0.2, -0.15) is 0 Å². The maximum atomic E-state index is 12.8. The quantitative estimate of drug-likeness (QED) is 0.211. The van der Waals surface area contributed by atoms with E-state index >= 15 is 0 Å². The molecular formula is C36H27NO2. The van der Waals surface area contributed by atoms with Crippen LogP contribution in [0, 0.1) is 0 Å². The first kappa shape index (κ1) is 24.2. The second-order valence-electron chi connectivity index (χ2n) is 9.46. The van der Waals surface area contributed by atoms with Gasteiger partial charge in [-0.3, -0.25) is 0 Å². The topological polar surface area (TPSA) is 31.2 Å². The molecule has 0 bridgehead atoms. The Kier molecular flexibility index (Phi) is 6.18. The van der Waals surface area contributed by atoms with E-state index in [0.717, 1.165) is 60.9 Å². The number of carbonyl (C=O) groups excluding carboxylic acids is 1. The number of benzene rings is 5. The minimum absolute atomic E-state index is 0.368. The lowest BCUT2D eigenvalue weighted by Crippen LogP contribution is -2.07. The van der Waals surface area contributed by atoms with Crippen LogP contribution in [0.25, 0.3) is 61.9 Å². The molecule has 0 fully saturated rings. The number of esters is 1. The molecular weight excluding hydrogens is 478 g/mol. The van der Waals surface area contributed by atoms with Gasteiger partial charge in [0.2, 0.25) is 0 Å². The van der Waals surface area contributed by atoms with Gasteiger partial charge in [-0.15, -0.1) is 0 Å². The van der Waals surface area contributed by atoms with Crippen molar-refractivity contribution < 1.29 is 9.53 Å². The second kappa shape index (κ2) is 9.96. The van der Waals surface area contributed by atoms with Crippen LogP contribution in [0.2, 0.25) is 0 Å². The summed E-state index contributed by atoms with van der Waals surface area (Å²) in [6.07, 6.45) is 3.69. The van der Waals surface area contributed by atoms with Gasteiger partial charge in [0.05, 0.1) is 29.4 Å². The zero-order valence-corrected chi connectivity index (χ0v) is 21.7. The maximum absolute atomic E-state index is 12.8. The summed E-state index contributed by atoms with van der Waals surface area (Å²) in [5, 5.41) is 2.23. The van der Waals surface area contributed by atoms with Crippen molar-refractivity contribution in [1.29, 1.82) is 0 Å². The van der Waals surface area contributed by atoms with E-state index in [4.69, 9.17) is 4.74 Å². The van der Waals surface area contributed by atoms with Crippen LogP contribution >= 0.6 is 0 Å². The normalized spacial score (nSPS) is 11.0. The minimum Gasteiger partial charge on any atom is -0.465 e. The first-order chi connectivity index (χ1) is 19.1. The first-order valence-corrected chi connectivity index (χ1v) is 12.8. The molecule has 0 aliphatic heterocycles. The summed E-state index contributed by atoms with van der Waals surface area (Å²) in [4.78, 5) is 12.8. The standard InChI is InChI=1S/C36H27NO2/c1-4-24-10-14-26(15-11-24)28-18-20-30-31-21-19-29(27-16-12-25(5-2)13-17-27)23-35(31)37(34(30)22-28)33-9-7-6-8-32(33)36(38)39-3/h4-23H,1-2H2,3H3. The van der Waals surface area contributed by atoms with E-state index in [1.807, 2.05) is 36.4 Å². The zero-order valence-electron chi connectivity index (χ0n) is 21.7. The number of methoxy groups -OCH3 is 1. The van der Waals surface area contributed by atoms with Gasteiger partial charge in [-0.25, -0.2) is 4.79 Å². The average Bonchev–Trinajstić information content (AvgIpc) is 3.33. The highest BCUT2D eigenvalue weighted by atomic mass is 16.5. The number of nitrogens with zero attached hydrogens (tertiary/aromatic N) is 1. The number of hydrogen-bond donors (Lipinski definition) is 0. The van der Waals surface area contributed by atoms with Gasteiger partial charge in [0.15, 0.2) is 0 Å². The highest BCUT2D eigenvalue weighted by Crippen LogP contribution is 2.38. The van der Waals surface area contributed by atoms with Gasteiger partial charge in [0.1, 0.15) is 0 Å². The third-order valence-electron chi connectivity index (χ3n) is 7.28. The third kappa shape index (κ3) is 4.24. The van der Waals surface area contributed by atoms with Crippen LogP contribution in [0.15, 0.2) is 122 Å². The lowest BCUT2D eigenvalue weighted by Gasteiger charge is -2.13. The zero-order chi connectivity index (χ0) is 26.9. The predicted molar refractivity (Wildman–Crippen MR) is 163 cm³/mol. The number of fused-ring (bicyclic) bond motifs is 3. The number of para-hydroxylation sites is 1. The van der Waals surface area contributed by atoms with Gasteiger partial charge in [0.25, 0.3) is 0 Å². The van der Waals surface area contributed by atoms with Crippen molar-refractivity contribution in [1.82, 2.24) is 4.57 Å². The fourth-order valence-corrected chi connectivity index (χ4v) is 5.21. The van der Waals surface area contributed by atoms with Crippen molar-refractivity contribution in [2.45, 2.75) is 0 Å². The second-order valence-corrected chi connectivity index (χ2v) is 9.46. The van der Waals surface area contributed by atoms with Crippen molar-refractivity contribution in [3.8, 4) is 27.9 Å². The summed E-state index contributed by atoms with van der Waals surface area (Å²) in [6.45, 7) is 7.73. The Labute approximate surface area is 227 Å². The summed E-state index contributed by atoms with van der Waals surface area (Å²) in [5.74, 6) is -0.368. The van der Waals surface area contributed by atoms with Crippen LogP contribution in [0.4, 0.5) is 0 Å². The van der Waals surface area contributed by atoms with Gasteiger partial charge in [-0.05, 0) is 57.6 Å². The lowest BCUT2D eigenvalue weighted by molar-refractivity contribution is 0.0601. The summed E-state index contributed by atoms with van der Waals surface area (Å²) in [5.41, 5.74) is 9.91. The molecule has 1 aromatic heterocycles. The van der Waals surface area contributed by atoms with Crippen LogP contribution in [-0.4, -0.2) is 17.6 Å². The smallest absolute Gasteiger partial charge is 0.339 e. The van der Waals surface area contributed by atoms with Gasteiger partial charge >= 0.3 is 5.97 Å². The number of carbonyl (C=O) groups is 1.